The van der Waals surface area contributed by atoms with Crippen LogP contribution in [0.5, 0.6) is 0 Å². The Morgan fingerprint density at radius 3 is 2.02 bits per heavy atom. The standard InChI is InChI=1S/C42H53ClN4O8S2/c1-41(2)32-18-9-11-20-34(32)46(28-13-5-7-22-38(48)44-56(50,51)52)36(41)26-24-30-16-15-17-31(40(30)43)25-27-37-42(3,4)33-19-10-12-21-35(33)47(37)29-14-6-8-23-39(49)45-57(53,54)55/h9-12,18-21,24-27H,5-8,13-17,22-23,28-29H2,1-4H3,(H3-,44,45,48,49,50,51,52,53,54,55)/p+1. The van der Waals surface area contributed by atoms with Crippen molar-refractivity contribution in [3.63, 3.8) is 0 Å². The number of carbonyl (C=O) groups excluding carboxylic acids is 2. The second-order valence-corrected chi connectivity index (χ2v) is 18.6. The maximum absolute atomic E-state index is 11.8. The number of benzene rings is 2. The molecule has 0 saturated carbocycles. The first-order valence-corrected chi connectivity index (χ1v) is 22.7. The lowest BCUT2D eigenvalue weighted by Crippen LogP contribution is -2.29. The molecule has 2 aromatic carbocycles. The lowest BCUT2D eigenvalue weighted by atomic mass is 9.81. The highest BCUT2D eigenvalue weighted by atomic mass is 35.5. The van der Waals surface area contributed by atoms with E-state index in [4.69, 9.17) is 20.7 Å². The summed E-state index contributed by atoms with van der Waals surface area (Å²) in [5.74, 6) is -1.45. The van der Waals surface area contributed by atoms with Crippen LogP contribution in [-0.2, 0) is 41.0 Å². The van der Waals surface area contributed by atoms with Crippen molar-refractivity contribution < 1.29 is 40.1 Å². The van der Waals surface area contributed by atoms with Crippen molar-refractivity contribution in [3.8, 4) is 0 Å². The quantitative estimate of drug-likeness (QED) is 0.0703. The molecule has 3 aliphatic rings. The predicted octanol–water partition coefficient (Wildman–Crippen LogP) is 7.86. The molecule has 12 nitrogen and oxygen atoms in total. The third-order valence-electron chi connectivity index (χ3n) is 11.0. The number of unbranched alkanes of at least 4 members (excludes halogenated alkanes) is 4. The van der Waals surface area contributed by atoms with Gasteiger partial charge in [-0.25, -0.2) is 9.44 Å². The molecule has 0 unspecified atom stereocenters. The summed E-state index contributed by atoms with van der Waals surface area (Å²) in [6, 6.07) is 16.7. The van der Waals surface area contributed by atoms with Gasteiger partial charge in [0.2, 0.25) is 17.5 Å². The van der Waals surface area contributed by atoms with Crippen LogP contribution in [0.15, 0.2) is 94.7 Å². The van der Waals surface area contributed by atoms with Crippen molar-refractivity contribution in [2.45, 2.75) is 109 Å². The average molecular weight is 843 g/mol. The first-order valence-electron chi connectivity index (χ1n) is 19.5. The van der Waals surface area contributed by atoms with Gasteiger partial charge in [0.05, 0.1) is 5.41 Å². The van der Waals surface area contributed by atoms with Gasteiger partial charge in [0, 0.05) is 65.3 Å². The molecule has 1 aliphatic carbocycles. The first kappa shape index (κ1) is 44.0. The highest BCUT2D eigenvalue weighted by molar-refractivity contribution is 7.84. The van der Waals surface area contributed by atoms with Gasteiger partial charge in [0.1, 0.15) is 6.54 Å². The molecule has 5 rings (SSSR count). The fourth-order valence-corrected chi connectivity index (χ4v) is 9.28. The number of hydrogen-bond donors (Lipinski definition) is 4. The van der Waals surface area contributed by atoms with Gasteiger partial charge < -0.3 is 4.90 Å². The van der Waals surface area contributed by atoms with E-state index in [0.717, 1.165) is 71.1 Å². The van der Waals surface area contributed by atoms with Crippen LogP contribution < -0.4 is 14.3 Å². The summed E-state index contributed by atoms with van der Waals surface area (Å²) >= 11 is 7.20. The Balaban J connectivity index is 1.34. The summed E-state index contributed by atoms with van der Waals surface area (Å²) in [7, 11) is -9.12. The highest BCUT2D eigenvalue weighted by Gasteiger charge is 2.44. The molecule has 2 amide bonds. The number of allylic oxidation sites excluding steroid dienone is 8. The Bertz CT molecular complexity index is 2260. The summed E-state index contributed by atoms with van der Waals surface area (Å²) in [5, 5.41) is 0.751. The Hall–Kier alpha value is -4.08. The van der Waals surface area contributed by atoms with Gasteiger partial charge in [-0.3, -0.25) is 18.7 Å². The van der Waals surface area contributed by atoms with Crippen LogP contribution in [0.4, 0.5) is 11.4 Å². The van der Waals surface area contributed by atoms with Gasteiger partial charge >= 0.3 is 20.6 Å². The average Bonchev–Trinajstić information content (AvgIpc) is 3.47. The fraction of sp³-hybridized carbons (Fsp3) is 0.452. The van der Waals surface area contributed by atoms with Crippen molar-refractivity contribution >= 4 is 61.1 Å². The molecule has 2 heterocycles. The van der Waals surface area contributed by atoms with Crippen molar-refractivity contribution in [1.29, 1.82) is 0 Å². The van der Waals surface area contributed by atoms with E-state index in [1.807, 2.05) is 24.3 Å². The maximum atomic E-state index is 11.8. The van der Waals surface area contributed by atoms with Crippen molar-refractivity contribution in [3.05, 3.63) is 106 Å². The summed E-state index contributed by atoms with van der Waals surface area (Å²) in [5.41, 5.74) is 8.59. The smallest absolute Gasteiger partial charge is 0.344 e. The molecule has 0 radical (unpaired) electrons. The van der Waals surface area contributed by atoms with E-state index in [-0.39, 0.29) is 23.7 Å². The van der Waals surface area contributed by atoms with E-state index in [1.54, 1.807) is 9.44 Å². The van der Waals surface area contributed by atoms with Gasteiger partial charge in [-0.05, 0) is 87.6 Å². The first-order chi connectivity index (χ1) is 26.8. The van der Waals surface area contributed by atoms with Crippen LogP contribution in [0.25, 0.3) is 0 Å². The molecular weight excluding hydrogens is 788 g/mol. The molecular formula is C42H54ClN4O8S2+. The molecule has 0 atom stereocenters. The number of carbonyl (C=O) groups is 2. The number of amides is 2. The van der Waals surface area contributed by atoms with Gasteiger partial charge in [0.15, 0.2) is 5.71 Å². The van der Waals surface area contributed by atoms with Crippen LogP contribution in [-0.4, -0.2) is 61.1 Å². The molecule has 2 aromatic rings. The number of hydrogen-bond acceptors (Lipinski definition) is 7. The van der Waals surface area contributed by atoms with Crippen LogP contribution in [0.3, 0.4) is 0 Å². The van der Waals surface area contributed by atoms with Gasteiger partial charge in [0.25, 0.3) is 0 Å². The Morgan fingerprint density at radius 1 is 0.772 bits per heavy atom. The minimum absolute atomic E-state index is 0.00524. The topological polar surface area (TPSA) is 173 Å². The van der Waals surface area contributed by atoms with E-state index in [9.17, 15) is 26.4 Å². The van der Waals surface area contributed by atoms with Gasteiger partial charge in [-0.2, -0.15) is 21.4 Å². The van der Waals surface area contributed by atoms with Crippen LogP contribution in [0, 0.1) is 0 Å². The third kappa shape index (κ3) is 11.1. The van der Waals surface area contributed by atoms with Crippen molar-refractivity contribution in [2.24, 2.45) is 0 Å². The van der Waals surface area contributed by atoms with E-state index >= 15 is 0 Å². The van der Waals surface area contributed by atoms with E-state index in [1.165, 1.54) is 11.1 Å². The maximum Gasteiger partial charge on any atom is 0.359 e. The minimum atomic E-state index is -4.56. The summed E-state index contributed by atoms with van der Waals surface area (Å²) in [4.78, 5) is 26.0. The second-order valence-electron chi connectivity index (χ2n) is 15.9. The largest absolute Gasteiger partial charge is 0.359 e. The zero-order chi connectivity index (χ0) is 41.6. The monoisotopic (exact) mass is 841 g/mol. The SMILES string of the molecule is CC1(C)C(/C=C/C2=C(Cl)C(=C/C=C3/N(CCCCCC(=O)NS(=O)(=O)O)c4ccccc4C3(C)C)/CCC2)=[N+](CCCCCC(=O)NS(=O)(=O)O)c2ccccc21. The summed E-state index contributed by atoms with van der Waals surface area (Å²) in [6.07, 6.45) is 15.3. The summed E-state index contributed by atoms with van der Waals surface area (Å²) in [6.45, 7) is 10.3. The Morgan fingerprint density at radius 2 is 1.37 bits per heavy atom. The number of halogens is 1. The fourth-order valence-electron chi connectivity index (χ4n) is 8.19. The Kier molecular flexibility index (Phi) is 14.1. The molecule has 308 valence electrons. The van der Waals surface area contributed by atoms with Gasteiger partial charge in [-0.1, -0.05) is 80.4 Å². The molecule has 0 saturated heterocycles. The molecule has 57 heavy (non-hydrogen) atoms. The van der Waals surface area contributed by atoms with Crippen LogP contribution in [0.2, 0.25) is 0 Å². The molecule has 0 fully saturated rings. The van der Waals surface area contributed by atoms with E-state index < -0.39 is 32.4 Å². The van der Waals surface area contributed by atoms with Crippen LogP contribution in [0.1, 0.15) is 109 Å². The number of para-hydroxylation sites is 2. The zero-order valence-electron chi connectivity index (χ0n) is 33.1. The van der Waals surface area contributed by atoms with E-state index in [2.05, 4.69) is 85.7 Å². The molecule has 15 heteroatoms. The molecule has 4 N–H and O–H groups in total. The lowest BCUT2D eigenvalue weighted by molar-refractivity contribution is -0.438. The van der Waals surface area contributed by atoms with Crippen LogP contribution >= 0.6 is 11.6 Å². The molecule has 0 spiro atoms. The van der Waals surface area contributed by atoms with Crippen molar-refractivity contribution in [1.82, 2.24) is 9.44 Å². The predicted molar refractivity (Wildman–Crippen MR) is 224 cm³/mol. The number of nitrogens with zero attached hydrogens (tertiary/aromatic N) is 2. The number of rotatable bonds is 17. The lowest BCUT2D eigenvalue weighted by Gasteiger charge is -2.27. The second kappa shape index (κ2) is 18.2. The zero-order valence-corrected chi connectivity index (χ0v) is 35.4. The van der Waals surface area contributed by atoms with Crippen molar-refractivity contribution in [2.75, 3.05) is 18.0 Å². The van der Waals surface area contributed by atoms with Gasteiger partial charge in [-0.15, -0.1) is 0 Å². The number of fused-ring (bicyclic) bond motifs is 2. The summed E-state index contributed by atoms with van der Waals surface area (Å²) < 4.78 is 67.0. The minimum Gasteiger partial charge on any atom is -0.344 e. The number of nitrogens with one attached hydrogen (secondary N) is 2. The normalized spacial score (nSPS) is 19.1. The highest BCUT2D eigenvalue weighted by Crippen LogP contribution is 2.48. The van der Waals surface area contributed by atoms with E-state index in [0.29, 0.717) is 38.8 Å². The Labute approximate surface area is 342 Å². The molecule has 2 aliphatic heterocycles. The molecule has 0 bridgehead atoms. The molecule has 0 aromatic heterocycles. The number of anilines is 1. The third-order valence-corrected chi connectivity index (χ3v) is 12.5.